The van der Waals surface area contributed by atoms with Crippen molar-refractivity contribution in [1.82, 2.24) is 14.8 Å². The van der Waals surface area contributed by atoms with E-state index >= 15 is 0 Å². The van der Waals surface area contributed by atoms with E-state index in [2.05, 4.69) is 15.4 Å². The Morgan fingerprint density at radius 3 is 2.76 bits per heavy atom. The first-order valence-corrected chi connectivity index (χ1v) is 9.43. The fraction of sp³-hybridized carbons (Fsp3) is 0.238. The number of halogens is 1. The van der Waals surface area contributed by atoms with E-state index in [0.29, 0.717) is 28.5 Å². The topological polar surface area (TPSA) is 104 Å². The minimum atomic E-state index is -0.406. The Balaban J connectivity index is 1.78. The SMILES string of the molecule is Cc1cc(NC(=O)CCc2c(C)[nH]c(=O)c(C#N)c2C)n(-c2cccc(Cl)c2)n1. The summed E-state index contributed by atoms with van der Waals surface area (Å²) in [5, 5.41) is 17.1. The molecule has 0 aliphatic carbocycles. The molecule has 0 aliphatic rings. The molecule has 0 fully saturated rings. The van der Waals surface area contributed by atoms with Gasteiger partial charge in [-0.15, -0.1) is 0 Å². The normalized spacial score (nSPS) is 10.6. The third-order valence-electron chi connectivity index (χ3n) is 4.67. The number of hydrogen-bond acceptors (Lipinski definition) is 4. The van der Waals surface area contributed by atoms with Crippen molar-refractivity contribution >= 4 is 23.3 Å². The number of H-pyrrole nitrogens is 1. The van der Waals surface area contributed by atoms with Crippen LogP contribution in [0, 0.1) is 32.1 Å². The molecule has 0 atom stereocenters. The molecule has 1 amide bonds. The molecule has 0 saturated carbocycles. The van der Waals surface area contributed by atoms with Gasteiger partial charge in [0, 0.05) is 23.2 Å². The summed E-state index contributed by atoms with van der Waals surface area (Å²) in [6.45, 7) is 5.33. The van der Waals surface area contributed by atoms with E-state index in [4.69, 9.17) is 11.6 Å². The van der Waals surface area contributed by atoms with E-state index in [1.54, 1.807) is 36.7 Å². The summed E-state index contributed by atoms with van der Waals surface area (Å²) in [5.41, 5.74) is 3.26. The van der Waals surface area contributed by atoms with Gasteiger partial charge >= 0.3 is 0 Å². The molecule has 3 aromatic rings. The number of rotatable bonds is 5. The molecule has 3 rings (SSSR count). The molecule has 2 aromatic heterocycles. The molecular weight excluding hydrogens is 390 g/mol. The number of carbonyl (C=O) groups excluding carboxylic acids is 1. The number of aromatic amines is 1. The van der Waals surface area contributed by atoms with Gasteiger partial charge in [-0.1, -0.05) is 17.7 Å². The van der Waals surface area contributed by atoms with Gasteiger partial charge in [0.2, 0.25) is 5.91 Å². The maximum Gasteiger partial charge on any atom is 0.266 e. The van der Waals surface area contributed by atoms with Crippen LogP contribution in [0.2, 0.25) is 5.02 Å². The van der Waals surface area contributed by atoms with E-state index in [1.165, 1.54) is 0 Å². The van der Waals surface area contributed by atoms with Crippen LogP contribution in [0.1, 0.15) is 34.5 Å². The molecule has 0 aliphatic heterocycles. The molecule has 29 heavy (non-hydrogen) atoms. The average Bonchev–Trinajstić information content (AvgIpc) is 3.01. The highest BCUT2D eigenvalue weighted by Crippen LogP contribution is 2.21. The molecule has 0 spiro atoms. The lowest BCUT2D eigenvalue weighted by Gasteiger charge is -2.12. The van der Waals surface area contributed by atoms with Gasteiger partial charge in [-0.2, -0.15) is 10.4 Å². The number of aryl methyl sites for hydroxylation is 2. The van der Waals surface area contributed by atoms with Crippen molar-refractivity contribution in [2.75, 3.05) is 5.32 Å². The minimum Gasteiger partial charge on any atom is -0.325 e. The molecule has 0 radical (unpaired) electrons. The van der Waals surface area contributed by atoms with E-state index in [0.717, 1.165) is 16.9 Å². The molecule has 2 heterocycles. The number of nitrogens with one attached hydrogen (secondary N) is 2. The number of amides is 1. The van der Waals surface area contributed by atoms with E-state index in [9.17, 15) is 14.9 Å². The molecule has 1 aromatic carbocycles. The minimum absolute atomic E-state index is 0.0839. The first-order chi connectivity index (χ1) is 13.8. The Labute approximate surface area is 172 Å². The number of pyridine rings is 1. The lowest BCUT2D eigenvalue weighted by molar-refractivity contribution is -0.116. The van der Waals surface area contributed by atoms with Crippen LogP contribution in [0.5, 0.6) is 0 Å². The van der Waals surface area contributed by atoms with Crippen molar-refractivity contribution in [3.05, 3.63) is 73.8 Å². The number of aromatic nitrogens is 3. The second kappa shape index (κ2) is 8.33. The fourth-order valence-electron chi connectivity index (χ4n) is 3.26. The maximum atomic E-state index is 12.6. The van der Waals surface area contributed by atoms with Crippen molar-refractivity contribution in [1.29, 1.82) is 5.26 Å². The largest absolute Gasteiger partial charge is 0.325 e. The van der Waals surface area contributed by atoms with Crippen molar-refractivity contribution in [3.63, 3.8) is 0 Å². The van der Waals surface area contributed by atoms with Crippen molar-refractivity contribution in [2.24, 2.45) is 0 Å². The zero-order chi connectivity index (χ0) is 21.1. The Morgan fingerprint density at radius 2 is 2.07 bits per heavy atom. The number of carbonyl (C=O) groups is 1. The lowest BCUT2D eigenvalue weighted by atomic mass is 9.99. The zero-order valence-electron chi connectivity index (χ0n) is 16.3. The summed E-state index contributed by atoms with van der Waals surface area (Å²) in [6.07, 6.45) is 0.595. The van der Waals surface area contributed by atoms with E-state index in [1.807, 2.05) is 25.1 Å². The van der Waals surface area contributed by atoms with E-state index in [-0.39, 0.29) is 17.9 Å². The highest BCUT2D eigenvalue weighted by atomic mass is 35.5. The van der Waals surface area contributed by atoms with Gasteiger partial charge in [-0.25, -0.2) is 4.68 Å². The van der Waals surface area contributed by atoms with Crippen molar-refractivity contribution < 1.29 is 4.79 Å². The standard InChI is InChI=1S/C21H20ClN5O2/c1-12-9-19(27(26-12)16-6-4-5-15(22)10-16)25-20(28)8-7-17-13(2)18(11-23)21(29)24-14(17)3/h4-6,9-10H,7-8H2,1-3H3,(H,24,29)(H,25,28). The number of benzene rings is 1. The fourth-order valence-corrected chi connectivity index (χ4v) is 3.44. The summed E-state index contributed by atoms with van der Waals surface area (Å²) < 4.78 is 1.63. The zero-order valence-corrected chi connectivity index (χ0v) is 17.1. The van der Waals surface area contributed by atoms with Crippen LogP contribution < -0.4 is 10.9 Å². The summed E-state index contributed by atoms with van der Waals surface area (Å²) in [4.78, 5) is 27.1. The number of nitriles is 1. The quantitative estimate of drug-likeness (QED) is 0.672. The second-order valence-electron chi connectivity index (χ2n) is 6.78. The highest BCUT2D eigenvalue weighted by molar-refractivity contribution is 6.30. The van der Waals surface area contributed by atoms with E-state index < -0.39 is 5.56 Å². The van der Waals surface area contributed by atoms with Gasteiger partial charge in [0.05, 0.1) is 11.4 Å². The second-order valence-corrected chi connectivity index (χ2v) is 7.22. The van der Waals surface area contributed by atoms with Crippen LogP contribution in [0.25, 0.3) is 5.69 Å². The summed E-state index contributed by atoms with van der Waals surface area (Å²) >= 11 is 6.07. The third-order valence-corrected chi connectivity index (χ3v) is 4.91. The molecule has 0 bridgehead atoms. The molecule has 148 valence electrons. The highest BCUT2D eigenvalue weighted by Gasteiger charge is 2.15. The van der Waals surface area contributed by atoms with Gasteiger partial charge < -0.3 is 10.3 Å². The predicted molar refractivity (Wildman–Crippen MR) is 112 cm³/mol. The molecule has 2 N–H and O–H groups in total. The Morgan fingerprint density at radius 1 is 1.31 bits per heavy atom. The Hall–Kier alpha value is -3.37. The third kappa shape index (κ3) is 4.39. The van der Waals surface area contributed by atoms with Crippen LogP contribution >= 0.6 is 11.6 Å². The molecule has 0 unspecified atom stereocenters. The maximum absolute atomic E-state index is 12.6. The first kappa shape index (κ1) is 20.4. The lowest BCUT2D eigenvalue weighted by Crippen LogP contribution is -2.19. The summed E-state index contributed by atoms with van der Waals surface area (Å²) in [5.74, 6) is 0.346. The molecule has 8 heteroatoms. The van der Waals surface area contributed by atoms with Gasteiger partial charge in [-0.3, -0.25) is 9.59 Å². The van der Waals surface area contributed by atoms with Gasteiger partial charge in [0.15, 0.2) is 0 Å². The van der Waals surface area contributed by atoms with Gasteiger partial charge in [0.25, 0.3) is 5.56 Å². The first-order valence-electron chi connectivity index (χ1n) is 9.05. The van der Waals surface area contributed by atoms with Crippen LogP contribution in [-0.2, 0) is 11.2 Å². The number of anilines is 1. The number of nitrogens with zero attached hydrogens (tertiary/aromatic N) is 3. The van der Waals surface area contributed by atoms with Crippen LogP contribution in [0.4, 0.5) is 5.82 Å². The smallest absolute Gasteiger partial charge is 0.266 e. The van der Waals surface area contributed by atoms with Crippen LogP contribution in [0.3, 0.4) is 0 Å². The average molecular weight is 410 g/mol. The summed E-state index contributed by atoms with van der Waals surface area (Å²) in [7, 11) is 0. The summed E-state index contributed by atoms with van der Waals surface area (Å²) in [6, 6.07) is 10.9. The van der Waals surface area contributed by atoms with Crippen molar-refractivity contribution in [3.8, 4) is 11.8 Å². The Bertz CT molecular complexity index is 1190. The van der Waals surface area contributed by atoms with Crippen molar-refractivity contribution in [2.45, 2.75) is 33.6 Å². The Kier molecular flexibility index (Phi) is 5.85. The molecular formula is C21H20ClN5O2. The van der Waals surface area contributed by atoms with Gasteiger partial charge in [-0.05, 0) is 56.5 Å². The van der Waals surface area contributed by atoms with Crippen LogP contribution in [0.15, 0.2) is 35.1 Å². The molecule has 7 nitrogen and oxygen atoms in total. The predicted octanol–water partition coefficient (Wildman–Crippen LogP) is 3.58. The molecule has 0 saturated heterocycles. The number of hydrogen-bond donors (Lipinski definition) is 2. The monoisotopic (exact) mass is 409 g/mol. The van der Waals surface area contributed by atoms with Crippen LogP contribution in [-0.4, -0.2) is 20.7 Å². The van der Waals surface area contributed by atoms with Gasteiger partial charge in [0.1, 0.15) is 17.5 Å².